The maximum atomic E-state index is 12.3. The van der Waals surface area contributed by atoms with Gasteiger partial charge in [-0.25, -0.2) is 8.42 Å². The lowest BCUT2D eigenvalue weighted by Gasteiger charge is -2.09. The Kier molecular flexibility index (Phi) is 3.92. The fourth-order valence-corrected chi connectivity index (χ4v) is 3.18. The van der Waals surface area contributed by atoms with E-state index in [1.54, 1.807) is 18.2 Å². The highest BCUT2D eigenvalue weighted by atomic mass is 35.5. The number of rotatable bonds is 4. The summed E-state index contributed by atoms with van der Waals surface area (Å²) in [5.41, 5.74) is 6.88. The molecule has 2 rings (SSSR count). The van der Waals surface area contributed by atoms with E-state index in [-0.39, 0.29) is 10.7 Å². The van der Waals surface area contributed by atoms with Crippen LogP contribution in [0, 0.1) is 6.92 Å². The number of hydrogen-bond acceptors (Lipinski definition) is 4. The third-order valence-electron chi connectivity index (χ3n) is 2.74. The summed E-state index contributed by atoms with van der Waals surface area (Å²) in [5.74, 6) is -0.0393. The molecule has 0 amide bonds. The van der Waals surface area contributed by atoms with Crippen molar-refractivity contribution < 1.29 is 8.42 Å². The molecule has 0 aliphatic heterocycles. The number of nitrogens with two attached hydrogens (primary N) is 1. The van der Waals surface area contributed by atoms with Crippen molar-refractivity contribution in [1.82, 2.24) is 9.78 Å². The summed E-state index contributed by atoms with van der Waals surface area (Å²) in [4.78, 5) is -0.0593. The van der Waals surface area contributed by atoms with Crippen molar-refractivity contribution in [2.24, 2.45) is 0 Å². The van der Waals surface area contributed by atoms with Crippen LogP contribution in [0.1, 0.15) is 12.5 Å². The van der Waals surface area contributed by atoms with Crippen molar-refractivity contribution in [1.29, 1.82) is 0 Å². The molecule has 0 saturated carbocycles. The van der Waals surface area contributed by atoms with Gasteiger partial charge < -0.3 is 5.73 Å². The normalized spacial score (nSPS) is 11.6. The molecule has 0 spiro atoms. The van der Waals surface area contributed by atoms with Crippen LogP contribution in [0.4, 0.5) is 11.5 Å². The highest BCUT2D eigenvalue weighted by Gasteiger charge is 2.22. The number of aromatic nitrogens is 2. The second-order valence-corrected chi connectivity index (χ2v) is 6.38. The van der Waals surface area contributed by atoms with E-state index in [1.165, 1.54) is 10.9 Å². The summed E-state index contributed by atoms with van der Waals surface area (Å²) < 4.78 is 28.4. The Bertz CT molecular complexity index is 740. The minimum Gasteiger partial charge on any atom is -0.381 e. The molecule has 108 valence electrons. The Morgan fingerprint density at radius 1 is 1.45 bits per heavy atom. The van der Waals surface area contributed by atoms with Gasteiger partial charge >= 0.3 is 0 Å². The number of hydrogen-bond donors (Lipinski definition) is 2. The maximum absolute atomic E-state index is 12.3. The average Bonchev–Trinajstić information content (AvgIpc) is 2.75. The molecular weight excluding hydrogens is 300 g/mol. The second-order valence-electron chi connectivity index (χ2n) is 4.32. The van der Waals surface area contributed by atoms with Crippen LogP contribution in [0.25, 0.3) is 0 Å². The quantitative estimate of drug-likeness (QED) is 0.905. The van der Waals surface area contributed by atoms with E-state index in [0.717, 1.165) is 5.56 Å². The van der Waals surface area contributed by atoms with Crippen molar-refractivity contribution in [2.75, 3.05) is 10.5 Å². The molecule has 0 unspecified atom stereocenters. The first-order valence-corrected chi connectivity index (χ1v) is 7.81. The minimum absolute atomic E-state index is 0.0393. The topological polar surface area (TPSA) is 90.0 Å². The molecule has 2 aromatic rings. The van der Waals surface area contributed by atoms with E-state index >= 15 is 0 Å². The van der Waals surface area contributed by atoms with Crippen LogP contribution in [0.3, 0.4) is 0 Å². The predicted octanol–water partition coefficient (Wildman–Crippen LogP) is 2.25. The molecule has 8 heteroatoms. The summed E-state index contributed by atoms with van der Waals surface area (Å²) in [6, 6.07) is 5.05. The molecule has 0 aliphatic rings. The molecule has 0 aliphatic carbocycles. The van der Waals surface area contributed by atoms with Gasteiger partial charge in [0.2, 0.25) is 0 Å². The molecule has 1 aromatic heterocycles. The third kappa shape index (κ3) is 2.88. The van der Waals surface area contributed by atoms with Crippen LogP contribution < -0.4 is 10.5 Å². The van der Waals surface area contributed by atoms with Gasteiger partial charge in [0, 0.05) is 12.7 Å². The number of aryl methyl sites for hydroxylation is 2. The summed E-state index contributed by atoms with van der Waals surface area (Å²) >= 11 is 6.02. The van der Waals surface area contributed by atoms with Crippen LogP contribution in [-0.4, -0.2) is 18.2 Å². The van der Waals surface area contributed by atoms with E-state index in [4.69, 9.17) is 17.3 Å². The molecule has 1 aromatic carbocycles. The fraction of sp³-hybridized carbons (Fsp3) is 0.250. The summed E-state index contributed by atoms with van der Waals surface area (Å²) in [6.07, 6.45) is 1.39. The Labute approximate surface area is 122 Å². The summed E-state index contributed by atoms with van der Waals surface area (Å²) in [7, 11) is -3.81. The lowest BCUT2D eigenvalue weighted by molar-refractivity contribution is 0.600. The molecule has 0 fully saturated rings. The van der Waals surface area contributed by atoms with Crippen LogP contribution >= 0.6 is 11.6 Å². The highest BCUT2D eigenvalue weighted by molar-refractivity contribution is 7.92. The zero-order valence-electron chi connectivity index (χ0n) is 11.1. The van der Waals surface area contributed by atoms with Crippen LogP contribution in [0.2, 0.25) is 5.02 Å². The molecule has 0 bridgehead atoms. The van der Waals surface area contributed by atoms with Gasteiger partial charge in [0.25, 0.3) is 10.0 Å². The second kappa shape index (κ2) is 5.34. The summed E-state index contributed by atoms with van der Waals surface area (Å²) in [5, 5.41) is 4.24. The van der Waals surface area contributed by atoms with Crippen LogP contribution in [-0.2, 0) is 16.6 Å². The number of halogens is 1. The van der Waals surface area contributed by atoms with Gasteiger partial charge in [0.05, 0.1) is 10.7 Å². The molecule has 1 heterocycles. The fourth-order valence-electron chi connectivity index (χ4n) is 1.69. The first-order chi connectivity index (χ1) is 9.33. The first-order valence-electron chi connectivity index (χ1n) is 5.95. The number of anilines is 2. The van der Waals surface area contributed by atoms with Crippen molar-refractivity contribution in [3.63, 3.8) is 0 Å². The van der Waals surface area contributed by atoms with Gasteiger partial charge in [-0.15, -0.1) is 0 Å². The Morgan fingerprint density at radius 2 is 2.15 bits per heavy atom. The van der Waals surface area contributed by atoms with Gasteiger partial charge in [-0.2, -0.15) is 5.10 Å². The standard InChI is InChI=1S/C12H15ClN4O2S/c1-3-17-7-11(12(14)15-17)20(18,19)16-10-5-4-8(2)6-9(10)13/h4-7,16H,3H2,1-2H3,(H2,14,15). The van der Waals surface area contributed by atoms with Crippen LogP contribution in [0.5, 0.6) is 0 Å². The molecule has 0 radical (unpaired) electrons. The van der Waals surface area contributed by atoms with E-state index in [2.05, 4.69) is 9.82 Å². The van der Waals surface area contributed by atoms with Gasteiger partial charge in [-0.05, 0) is 31.5 Å². The summed E-state index contributed by atoms with van der Waals surface area (Å²) in [6.45, 7) is 4.24. The largest absolute Gasteiger partial charge is 0.381 e. The number of nitrogens with one attached hydrogen (secondary N) is 1. The van der Waals surface area contributed by atoms with Crippen molar-refractivity contribution >= 4 is 33.1 Å². The number of benzene rings is 1. The molecule has 3 N–H and O–H groups in total. The Hall–Kier alpha value is -1.73. The SMILES string of the molecule is CCn1cc(S(=O)(=O)Nc2ccc(C)cc2Cl)c(N)n1. The molecule has 6 nitrogen and oxygen atoms in total. The zero-order chi connectivity index (χ0) is 14.9. The number of nitrogens with zero attached hydrogens (tertiary/aromatic N) is 2. The lowest BCUT2D eigenvalue weighted by atomic mass is 10.2. The van der Waals surface area contributed by atoms with Gasteiger partial charge in [0.1, 0.15) is 4.90 Å². The average molecular weight is 315 g/mol. The monoisotopic (exact) mass is 314 g/mol. The number of nitrogen functional groups attached to an aromatic ring is 1. The predicted molar refractivity (Wildman–Crippen MR) is 79.3 cm³/mol. The molecular formula is C12H15ClN4O2S. The lowest BCUT2D eigenvalue weighted by Crippen LogP contribution is -2.14. The van der Waals surface area contributed by atoms with E-state index < -0.39 is 10.0 Å². The highest BCUT2D eigenvalue weighted by Crippen LogP contribution is 2.26. The van der Waals surface area contributed by atoms with E-state index in [0.29, 0.717) is 17.3 Å². The van der Waals surface area contributed by atoms with E-state index in [9.17, 15) is 8.42 Å². The van der Waals surface area contributed by atoms with Gasteiger partial charge in [0.15, 0.2) is 5.82 Å². The smallest absolute Gasteiger partial charge is 0.267 e. The molecule has 20 heavy (non-hydrogen) atoms. The number of sulfonamides is 1. The maximum Gasteiger partial charge on any atom is 0.267 e. The van der Waals surface area contributed by atoms with Crippen LogP contribution in [0.15, 0.2) is 29.3 Å². The Balaban J connectivity index is 2.38. The van der Waals surface area contributed by atoms with Crippen molar-refractivity contribution in [3.8, 4) is 0 Å². The van der Waals surface area contributed by atoms with Gasteiger partial charge in [-0.1, -0.05) is 17.7 Å². The van der Waals surface area contributed by atoms with Crippen molar-refractivity contribution in [2.45, 2.75) is 25.3 Å². The minimum atomic E-state index is -3.81. The zero-order valence-corrected chi connectivity index (χ0v) is 12.7. The van der Waals surface area contributed by atoms with Crippen molar-refractivity contribution in [3.05, 3.63) is 35.0 Å². The Morgan fingerprint density at radius 3 is 2.70 bits per heavy atom. The third-order valence-corrected chi connectivity index (χ3v) is 4.43. The van der Waals surface area contributed by atoms with E-state index in [1.807, 2.05) is 13.8 Å². The first kappa shape index (κ1) is 14.7. The molecule has 0 atom stereocenters. The molecule has 0 saturated heterocycles. The van der Waals surface area contributed by atoms with Gasteiger partial charge in [-0.3, -0.25) is 9.40 Å².